The van der Waals surface area contributed by atoms with E-state index in [0.717, 1.165) is 21.5 Å². The first-order valence-corrected chi connectivity index (χ1v) is 8.07. The fourth-order valence-electron chi connectivity index (χ4n) is 2.14. The first kappa shape index (κ1) is 17.3. The van der Waals surface area contributed by atoms with Crippen molar-refractivity contribution in [2.45, 2.75) is 19.8 Å². The molecule has 0 aliphatic carbocycles. The lowest BCUT2D eigenvalue weighted by Gasteiger charge is -2.17. The van der Waals surface area contributed by atoms with Crippen LogP contribution in [0.2, 0.25) is 0 Å². The molecular formula is C17H19BrN2O3. The standard InChI is InChI=1S/C17H19BrN2O3/c1-12-10-13(18)5-7-15(12)19-16(21)11-20(2)17(22)8-6-14-4-3-9-23-14/h3-5,7,9-10H,6,8,11H2,1-2H3,(H,19,21). The van der Waals surface area contributed by atoms with Gasteiger partial charge in [0, 0.05) is 30.0 Å². The molecule has 0 aliphatic rings. The van der Waals surface area contributed by atoms with Gasteiger partial charge in [0.2, 0.25) is 11.8 Å². The van der Waals surface area contributed by atoms with Crippen molar-refractivity contribution in [2.75, 3.05) is 18.9 Å². The van der Waals surface area contributed by atoms with Crippen molar-refractivity contribution < 1.29 is 14.0 Å². The first-order valence-electron chi connectivity index (χ1n) is 7.28. The Hall–Kier alpha value is -2.08. The van der Waals surface area contributed by atoms with Gasteiger partial charge in [0.25, 0.3) is 0 Å². The lowest BCUT2D eigenvalue weighted by molar-refractivity contribution is -0.133. The summed E-state index contributed by atoms with van der Waals surface area (Å²) in [5.74, 6) is 0.454. The SMILES string of the molecule is Cc1cc(Br)ccc1NC(=O)CN(C)C(=O)CCc1ccco1. The van der Waals surface area contributed by atoms with Gasteiger partial charge in [-0.1, -0.05) is 15.9 Å². The predicted molar refractivity (Wildman–Crippen MR) is 92.2 cm³/mol. The maximum absolute atomic E-state index is 12.1. The highest BCUT2D eigenvalue weighted by Gasteiger charge is 2.14. The van der Waals surface area contributed by atoms with Crippen molar-refractivity contribution in [1.29, 1.82) is 0 Å². The molecule has 2 amide bonds. The van der Waals surface area contributed by atoms with E-state index >= 15 is 0 Å². The lowest BCUT2D eigenvalue weighted by atomic mass is 10.2. The lowest BCUT2D eigenvalue weighted by Crippen LogP contribution is -2.35. The Morgan fingerprint density at radius 3 is 2.74 bits per heavy atom. The Labute approximate surface area is 143 Å². The van der Waals surface area contributed by atoms with Gasteiger partial charge in [0.05, 0.1) is 12.8 Å². The third-order valence-electron chi connectivity index (χ3n) is 3.43. The number of benzene rings is 1. The number of rotatable bonds is 6. The zero-order valence-corrected chi connectivity index (χ0v) is 14.7. The molecule has 2 aromatic rings. The molecule has 122 valence electrons. The van der Waals surface area contributed by atoms with Crippen molar-refractivity contribution in [1.82, 2.24) is 4.90 Å². The Bertz CT molecular complexity index is 683. The van der Waals surface area contributed by atoms with Crippen LogP contribution in [0.25, 0.3) is 0 Å². The van der Waals surface area contributed by atoms with Crippen molar-refractivity contribution >= 4 is 33.4 Å². The predicted octanol–water partition coefficient (Wildman–Crippen LogP) is 3.38. The number of furan rings is 1. The van der Waals surface area contributed by atoms with Crippen LogP contribution >= 0.6 is 15.9 Å². The van der Waals surface area contributed by atoms with Gasteiger partial charge in [-0.15, -0.1) is 0 Å². The minimum Gasteiger partial charge on any atom is -0.469 e. The quantitative estimate of drug-likeness (QED) is 0.837. The number of nitrogens with zero attached hydrogens (tertiary/aromatic N) is 1. The number of carbonyl (C=O) groups excluding carboxylic acids is 2. The van der Waals surface area contributed by atoms with Crippen LogP contribution in [0.4, 0.5) is 5.69 Å². The molecule has 1 N–H and O–H groups in total. The van der Waals surface area contributed by atoms with E-state index in [1.807, 2.05) is 31.2 Å². The van der Waals surface area contributed by atoms with Crippen molar-refractivity contribution in [3.8, 4) is 0 Å². The van der Waals surface area contributed by atoms with Crippen LogP contribution in [0.5, 0.6) is 0 Å². The van der Waals surface area contributed by atoms with E-state index in [9.17, 15) is 9.59 Å². The van der Waals surface area contributed by atoms with Crippen LogP contribution in [-0.2, 0) is 16.0 Å². The number of carbonyl (C=O) groups is 2. The molecule has 2 rings (SSSR count). The second-order valence-corrected chi connectivity index (χ2v) is 6.25. The van der Waals surface area contributed by atoms with Gasteiger partial charge < -0.3 is 14.6 Å². The van der Waals surface area contributed by atoms with Crippen LogP contribution < -0.4 is 5.32 Å². The molecule has 0 saturated heterocycles. The number of nitrogens with one attached hydrogen (secondary N) is 1. The molecule has 23 heavy (non-hydrogen) atoms. The number of aryl methyl sites for hydroxylation is 2. The van der Waals surface area contributed by atoms with Crippen LogP contribution in [0.15, 0.2) is 45.5 Å². The molecule has 0 unspecified atom stereocenters. The summed E-state index contributed by atoms with van der Waals surface area (Å²) < 4.78 is 6.15. The summed E-state index contributed by atoms with van der Waals surface area (Å²) in [6, 6.07) is 9.23. The molecule has 1 aromatic carbocycles. The third-order valence-corrected chi connectivity index (χ3v) is 3.93. The van der Waals surface area contributed by atoms with Gasteiger partial charge in [-0.3, -0.25) is 9.59 Å². The molecule has 0 bridgehead atoms. The molecule has 0 aliphatic heterocycles. The normalized spacial score (nSPS) is 10.4. The van der Waals surface area contributed by atoms with E-state index < -0.39 is 0 Å². The fraction of sp³-hybridized carbons (Fsp3) is 0.294. The number of halogens is 1. The summed E-state index contributed by atoms with van der Waals surface area (Å²) in [4.78, 5) is 25.5. The zero-order valence-electron chi connectivity index (χ0n) is 13.1. The Kier molecular flexibility index (Phi) is 5.98. The maximum atomic E-state index is 12.1. The van der Waals surface area contributed by atoms with Crippen molar-refractivity contribution in [3.05, 3.63) is 52.4 Å². The van der Waals surface area contributed by atoms with E-state index in [0.29, 0.717) is 12.8 Å². The highest BCUT2D eigenvalue weighted by molar-refractivity contribution is 9.10. The van der Waals surface area contributed by atoms with Gasteiger partial charge >= 0.3 is 0 Å². The van der Waals surface area contributed by atoms with E-state index in [1.165, 1.54) is 4.90 Å². The Balaban J connectivity index is 1.82. The van der Waals surface area contributed by atoms with Gasteiger partial charge in [-0.2, -0.15) is 0 Å². The Morgan fingerprint density at radius 1 is 1.30 bits per heavy atom. The van der Waals surface area contributed by atoms with Crippen LogP contribution in [0, 0.1) is 6.92 Å². The first-order chi connectivity index (χ1) is 11.0. The number of hydrogen-bond acceptors (Lipinski definition) is 3. The van der Waals surface area contributed by atoms with E-state index in [1.54, 1.807) is 19.4 Å². The highest BCUT2D eigenvalue weighted by atomic mass is 79.9. The van der Waals surface area contributed by atoms with Crippen molar-refractivity contribution in [2.24, 2.45) is 0 Å². The molecule has 0 atom stereocenters. The second-order valence-electron chi connectivity index (χ2n) is 5.34. The van der Waals surface area contributed by atoms with E-state index in [-0.39, 0.29) is 18.4 Å². The van der Waals surface area contributed by atoms with Crippen LogP contribution in [-0.4, -0.2) is 30.3 Å². The molecule has 0 spiro atoms. The van der Waals surface area contributed by atoms with Gasteiger partial charge in [-0.05, 0) is 42.8 Å². The monoisotopic (exact) mass is 378 g/mol. The molecule has 0 saturated carbocycles. The largest absolute Gasteiger partial charge is 0.469 e. The summed E-state index contributed by atoms with van der Waals surface area (Å²) in [7, 11) is 1.62. The average molecular weight is 379 g/mol. The maximum Gasteiger partial charge on any atom is 0.243 e. The van der Waals surface area contributed by atoms with Crippen LogP contribution in [0.1, 0.15) is 17.7 Å². The van der Waals surface area contributed by atoms with E-state index in [4.69, 9.17) is 4.42 Å². The summed E-state index contributed by atoms with van der Waals surface area (Å²) >= 11 is 3.38. The summed E-state index contributed by atoms with van der Waals surface area (Å²) in [5.41, 5.74) is 1.70. The minimum absolute atomic E-state index is 0.0203. The molecule has 1 aromatic heterocycles. The van der Waals surface area contributed by atoms with Crippen LogP contribution in [0.3, 0.4) is 0 Å². The zero-order chi connectivity index (χ0) is 16.8. The molecule has 5 nitrogen and oxygen atoms in total. The molecule has 6 heteroatoms. The van der Waals surface area contributed by atoms with Crippen molar-refractivity contribution in [3.63, 3.8) is 0 Å². The number of anilines is 1. The molecule has 1 heterocycles. The summed E-state index contributed by atoms with van der Waals surface area (Å²) in [6.07, 6.45) is 2.43. The number of amides is 2. The number of likely N-dealkylation sites (N-methyl/N-ethyl adjacent to an activating group) is 1. The fourth-order valence-corrected chi connectivity index (χ4v) is 2.61. The summed E-state index contributed by atoms with van der Waals surface area (Å²) in [6.45, 7) is 1.94. The molecule has 0 fully saturated rings. The summed E-state index contributed by atoms with van der Waals surface area (Å²) in [5, 5.41) is 2.82. The average Bonchev–Trinajstić information content (AvgIpc) is 3.01. The topological polar surface area (TPSA) is 62.6 Å². The highest BCUT2D eigenvalue weighted by Crippen LogP contribution is 2.19. The number of hydrogen-bond donors (Lipinski definition) is 1. The molecular weight excluding hydrogens is 360 g/mol. The second kappa shape index (κ2) is 7.97. The van der Waals surface area contributed by atoms with Gasteiger partial charge in [0.1, 0.15) is 5.76 Å². The van der Waals surface area contributed by atoms with E-state index in [2.05, 4.69) is 21.2 Å². The third kappa shape index (κ3) is 5.25. The molecule has 0 radical (unpaired) electrons. The van der Waals surface area contributed by atoms with Gasteiger partial charge in [-0.25, -0.2) is 0 Å². The smallest absolute Gasteiger partial charge is 0.243 e. The minimum atomic E-state index is -0.218. The van der Waals surface area contributed by atoms with Gasteiger partial charge in [0.15, 0.2) is 0 Å². The Morgan fingerprint density at radius 2 is 2.09 bits per heavy atom.